The predicted octanol–water partition coefficient (Wildman–Crippen LogP) is 1.77. The molecule has 0 bridgehead atoms. The molecule has 0 fully saturated rings. The maximum absolute atomic E-state index is 11.2. The van der Waals surface area contributed by atoms with Crippen LogP contribution in [-0.4, -0.2) is 22.8 Å². The summed E-state index contributed by atoms with van der Waals surface area (Å²) in [6.45, 7) is 2.12. The third-order valence-electron chi connectivity index (χ3n) is 3.38. The lowest BCUT2D eigenvalue weighted by molar-refractivity contribution is -0.156. The van der Waals surface area contributed by atoms with Crippen molar-refractivity contribution in [3.8, 4) is 5.75 Å². The fourth-order valence-corrected chi connectivity index (χ4v) is 2.48. The molecule has 2 atom stereocenters. The van der Waals surface area contributed by atoms with Crippen LogP contribution in [0.2, 0.25) is 0 Å². The monoisotopic (exact) mass is 236 g/mol. The fourth-order valence-electron chi connectivity index (χ4n) is 2.48. The van der Waals surface area contributed by atoms with E-state index in [1.54, 1.807) is 25.1 Å². The first kappa shape index (κ1) is 11.9. The summed E-state index contributed by atoms with van der Waals surface area (Å²) in [7, 11) is 0. The molecule has 92 valence electrons. The summed E-state index contributed by atoms with van der Waals surface area (Å²) in [6.07, 6.45) is 0.703. The first-order valence-corrected chi connectivity index (χ1v) is 5.77. The molecule has 0 aliphatic carbocycles. The number of aliphatic hydroxyl groups is 1. The van der Waals surface area contributed by atoms with Crippen LogP contribution in [0.15, 0.2) is 24.3 Å². The van der Waals surface area contributed by atoms with Crippen LogP contribution in [0.4, 0.5) is 0 Å². The largest absolute Gasteiger partial charge is 0.493 e. The van der Waals surface area contributed by atoms with Gasteiger partial charge in [-0.1, -0.05) is 25.1 Å². The van der Waals surface area contributed by atoms with E-state index in [9.17, 15) is 15.0 Å². The molecule has 0 amide bonds. The Morgan fingerprint density at radius 1 is 1.53 bits per heavy atom. The zero-order chi connectivity index (χ0) is 12.5. The predicted molar refractivity (Wildman–Crippen MR) is 61.9 cm³/mol. The molecular weight excluding hydrogens is 220 g/mol. The van der Waals surface area contributed by atoms with Gasteiger partial charge in [-0.05, 0) is 12.5 Å². The standard InChI is InChI=1S/C13H16O4/c1-2-9(12(14)15)13(16)7-8-17-11-6-4-3-5-10(11)13/h3-6,9,16H,2,7-8H2,1H3,(H,14,15). The van der Waals surface area contributed by atoms with Crippen molar-refractivity contribution >= 4 is 5.97 Å². The van der Waals surface area contributed by atoms with Crippen LogP contribution in [0, 0.1) is 5.92 Å². The van der Waals surface area contributed by atoms with Crippen molar-refractivity contribution in [2.24, 2.45) is 5.92 Å². The number of hydrogen-bond acceptors (Lipinski definition) is 3. The highest BCUT2D eigenvalue weighted by Crippen LogP contribution is 2.43. The molecule has 0 saturated carbocycles. The van der Waals surface area contributed by atoms with E-state index in [1.165, 1.54) is 0 Å². The third kappa shape index (κ3) is 1.89. The second kappa shape index (κ2) is 4.37. The van der Waals surface area contributed by atoms with Crippen LogP contribution >= 0.6 is 0 Å². The molecule has 2 N–H and O–H groups in total. The number of aliphatic carboxylic acids is 1. The van der Waals surface area contributed by atoms with Crippen molar-refractivity contribution in [1.29, 1.82) is 0 Å². The number of benzene rings is 1. The van der Waals surface area contributed by atoms with Crippen molar-refractivity contribution < 1.29 is 19.7 Å². The van der Waals surface area contributed by atoms with Crippen molar-refractivity contribution in [2.45, 2.75) is 25.4 Å². The van der Waals surface area contributed by atoms with E-state index in [1.807, 2.05) is 6.07 Å². The molecular formula is C13H16O4. The highest BCUT2D eigenvalue weighted by Gasteiger charge is 2.45. The molecule has 0 saturated heterocycles. The minimum absolute atomic E-state index is 0.314. The molecule has 17 heavy (non-hydrogen) atoms. The SMILES string of the molecule is CCC(C(=O)O)C1(O)CCOc2ccccc21. The van der Waals surface area contributed by atoms with Gasteiger partial charge in [-0.2, -0.15) is 0 Å². The zero-order valence-electron chi connectivity index (χ0n) is 9.72. The molecule has 0 radical (unpaired) electrons. The first-order valence-electron chi connectivity index (χ1n) is 5.77. The van der Waals surface area contributed by atoms with Crippen LogP contribution in [0.3, 0.4) is 0 Å². The van der Waals surface area contributed by atoms with Crippen molar-refractivity contribution in [2.75, 3.05) is 6.61 Å². The maximum atomic E-state index is 11.2. The van der Waals surface area contributed by atoms with E-state index in [0.717, 1.165) is 0 Å². The van der Waals surface area contributed by atoms with E-state index < -0.39 is 17.5 Å². The summed E-state index contributed by atoms with van der Waals surface area (Å²) in [5.74, 6) is -1.18. The zero-order valence-corrected chi connectivity index (χ0v) is 9.72. The molecule has 1 aliphatic heterocycles. The fraction of sp³-hybridized carbons (Fsp3) is 0.462. The summed E-state index contributed by atoms with van der Waals surface area (Å²) in [5.41, 5.74) is -0.740. The number of carboxylic acids is 1. The second-order valence-electron chi connectivity index (χ2n) is 4.32. The smallest absolute Gasteiger partial charge is 0.309 e. The van der Waals surface area contributed by atoms with Crippen LogP contribution in [0.25, 0.3) is 0 Å². The van der Waals surface area contributed by atoms with E-state index in [2.05, 4.69) is 0 Å². The molecule has 1 aromatic rings. The molecule has 2 unspecified atom stereocenters. The molecule has 1 aromatic carbocycles. The quantitative estimate of drug-likeness (QED) is 0.839. The third-order valence-corrected chi connectivity index (χ3v) is 3.38. The Kier molecular flexibility index (Phi) is 3.07. The van der Waals surface area contributed by atoms with Gasteiger partial charge in [-0.3, -0.25) is 4.79 Å². The number of ether oxygens (including phenoxy) is 1. The molecule has 2 rings (SSSR count). The minimum Gasteiger partial charge on any atom is -0.493 e. The average Bonchev–Trinajstić information content (AvgIpc) is 2.30. The Labute approximate surface area is 99.8 Å². The van der Waals surface area contributed by atoms with Crippen LogP contribution in [0.1, 0.15) is 25.3 Å². The summed E-state index contributed by atoms with van der Waals surface area (Å²) in [6, 6.07) is 7.09. The normalized spacial score (nSPS) is 24.6. The maximum Gasteiger partial charge on any atom is 0.309 e. The topological polar surface area (TPSA) is 66.8 Å². The van der Waals surface area contributed by atoms with Crippen molar-refractivity contribution in [3.05, 3.63) is 29.8 Å². The average molecular weight is 236 g/mol. The van der Waals surface area contributed by atoms with Gasteiger partial charge >= 0.3 is 5.97 Å². The highest BCUT2D eigenvalue weighted by molar-refractivity contribution is 5.72. The molecule has 0 aromatic heterocycles. The van der Waals surface area contributed by atoms with Crippen molar-refractivity contribution in [1.82, 2.24) is 0 Å². The Hall–Kier alpha value is -1.55. The summed E-state index contributed by atoms with van der Waals surface area (Å²) in [5, 5.41) is 19.9. The van der Waals surface area contributed by atoms with Gasteiger partial charge < -0.3 is 14.9 Å². The van der Waals surface area contributed by atoms with Gasteiger partial charge in [0.2, 0.25) is 0 Å². The number of hydrogen-bond donors (Lipinski definition) is 2. The highest BCUT2D eigenvalue weighted by atomic mass is 16.5. The molecule has 4 nitrogen and oxygen atoms in total. The minimum atomic E-state index is -1.32. The van der Waals surface area contributed by atoms with Crippen molar-refractivity contribution in [3.63, 3.8) is 0 Å². The lowest BCUT2D eigenvalue weighted by Gasteiger charge is -2.38. The Balaban J connectivity index is 2.48. The van der Waals surface area contributed by atoms with Crippen LogP contribution in [-0.2, 0) is 10.4 Å². The molecule has 0 spiro atoms. The van der Waals surface area contributed by atoms with Gasteiger partial charge in [0.25, 0.3) is 0 Å². The van der Waals surface area contributed by atoms with Gasteiger partial charge in [0.05, 0.1) is 12.5 Å². The lowest BCUT2D eigenvalue weighted by Crippen LogP contribution is -2.43. The number of fused-ring (bicyclic) bond motifs is 1. The number of carbonyl (C=O) groups is 1. The molecule has 1 heterocycles. The van der Waals surface area contributed by atoms with E-state index >= 15 is 0 Å². The van der Waals surface area contributed by atoms with E-state index in [4.69, 9.17) is 4.74 Å². The second-order valence-corrected chi connectivity index (χ2v) is 4.32. The Morgan fingerprint density at radius 3 is 2.88 bits per heavy atom. The Bertz CT molecular complexity index is 429. The molecule has 1 aliphatic rings. The lowest BCUT2D eigenvalue weighted by atomic mass is 9.76. The van der Waals surface area contributed by atoms with Gasteiger partial charge in [0.15, 0.2) is 0 Å². The number of rotatable bonds is 3. The van der Waals surface area contributed by atoms with Crippen LogP contribution < -0.4 is 4.74 Å². The summed E-state index contributed by atoms with van der Waals surface area (Å²) < 4.78 is 5.44. The van der Waals surface area contributed by atoms with Gasteiger partial charge in [0, 0.05) is 12.0 Å². The number of para-hydroxylation sites is 1. The van der Waals surface area contributed by atoms with Gasteiger partial charge in [-0.15, -0.1) is 0 Å². The summed E-state index contributed by atoms with van der Waals surface area (Å²) >= 11 is 0. The summed E-state index contributed by atoms with van der Waals surface area (Å²) in [4.78, 5) is 11.2. The van der Waals surface area contributed by atoms with Gasteiger partial charge in [0.1, 0.15) is 11.4 Å². The number of carboxylic acid groups (broad SMARTS) is 1. The van der Waals surface area contributed by atoms with E-state index in [0.29, 0.717) is 30.8 Å². The molecule has 4 heteroatoms. The van der Waals surface area contributed by atoms with Gasteiger partial charge in [-0.25, -0.2) is 0 Å². The first-order chi connectivity index (χ1) is 8.09. The van der Waals surface area contributed by atoms with E-state index in [-0.39, 0.29) is 0 Å². The Morgan fingerprint density at radius 2 is 2.24 bits per heavy atom. The van der Waals surface area contributed by atoms with Crippen LogP contribution in [0.5, 0.6) is 5.75 Å².